The zero-order valence-electron chi connectivity index (χ0n) is 13.7. The predicted octanol–water partition coefficient (Wildman–Crippen LogP) is 1.39. The molecule has 0 fully saturated rings. The molecule has 7 heteroatoms. The van der Waals surface area contributed by atoms with Crippen LogP contribution in [0.15, 0.2) is 48.9 Å². The number of imidazole rings is 1. The molecule has 126 valence electrons. The molecule has 0 saturated carbocycles. The average molecular weight is 335 g/mol. The van der Waals surface area contributed by atoms with E-state index in [0.29, 0.717) is 18.9 Å². The average Bonchev–Trinajstić information content (AvgIpc) is 3.26. The molecule has 0 spiro atoms. The topological polar surface area (TPSA) is 79.6 Å². The van der Waals surface area contributed by atoms with E-state index in [1.807, 2.05) is 24.3 Å². The van der Waals surface area contributed by atoms with E-state index in [0.717, 1.165) is 11.1 Å². The van der Waals surface area contributed by atoms with Gasteiger partial charge in [0, 0.05) is 31.7 Å². The Labute approximate surface area is 144 Å². The third-order valence-electron chi connectivity index (χ3n) is 4.36. The molecule has 0 radical (unpaired) electrons. The standard InChI is InChI=1S/C18H17N5O2/c1-12(17(25)23-10-13-4-2-3-5-14(13)11-23)20-16(24)15-6-8-22-9-7-19-18(22)21-15/h2-9,12H,10-11H2,1H3,(H,20,24)/t12-/m1/s1. The molecule has 4 rings (SSSR count). The van der Waals surface area contributed by atoms with Crippen LogP contribution in [-0.2, 0) is 17.9 Å². The Kier molecular flexibility index (Phi) is 3.68. The van der Waals surface area contributed by atoms with Gasteiger partial charge in [-0.1, -0.05) is 24.3 Å². The van der Waals surface area contributed by atoms with Crippen molar-refractivity contribution in [1.82, 2.24) is 24.6 Å². The number of carbonyl (C=O) groups excluding carboxylic acids is 2. The van der Waals surface area contributed by atoms with E-state index < -0.39 is 6.04 Å². The minimum absolute atomic E-state index is 0.105. The number of carbonyl (C=O) groups is 2. The summed E-state index contributed by atoms with van der Waals surface area (Å²) < 4.78 is 1.72. The maximum Gasteiger partial charge on any atom is 0.270 e. The van der Waals surface area contributed by atoms with Crippen LogP contribution >= 0.6 is 0 Å². The van der Waals surface area contributed by atoms with Crippen molar-refractivity contribution in [2.24, 2.45) is 0 Å². The molecule has 3 aromatic rings. The first-order chi connectivity index (χ1) is 12.1. The largest absolute Gasteiger partial charge is 0.339 e. The van der Waals surface area contributed by atoms with Crippen molar-refractivity contribution in [3.63, 3.8) is 0 Å². The molecule has 0 aliphatic carbocycles. The molecule has 2 aromatic heterocycles. The van der Waals surface area contributed by atoms with Gasteiger partial charge in [0.25, 0.3) is 5.91 Å². The number of hydrogen-bond acceptors (Lipinski definition) is 4. The van der Waals surface area contributed by atoms with Gasteiger partial charge in [0.05, 0.1) is 0 Å². The van der Waals surface area contributed by atoms with Crippen molar-refractivity contribution >= 4 is 17.6 Å². The number of benzene rings is 1. The van der Waals surface area contributed by atoms with Gasteiger partial charge in [0.1, 0.15) is 11.7 Å². The van der Waals surface area contributed by atoms with Crippen LogP contribution in [0.4, 0.5) is 0 Å². The summed E-state index contributed by atoms with van der Waals surface area (Å²) in [4.78, 5) is 35.0. The number of amides is 2. The summed E-state index contributed by atoms with van der Waals surface area (Å²) in [6, 6.07) is 8.96. The third-order valence-corrected chi connectivity index (χ3v) is 4.36. The Morgan fingerprint density at radius 1 is 1.12 bits per heavy atom. The lowest BCUT2D eigenvalue weighted by Crippen LogP contribution is -2.45. The maximum absolute atomic E-state index is 12.6. The van der Waals surface area contributed by atoms with Crippen molar-refractivity contribution < 1.29 is 9.59 Å². The Morgan fingerprint density at radius 2 is 1.84 bits per heavy atom. The summed E-state index contributed by atoms with van der Waals surface area (Å²) in [5.74, 6) is -0.0453. The molecule has 1 aliphatic heterocycles. The van der Waals surface area contributed by atoms with E-state index in [1.54, 1.807) is 40.9 Å². The normalized spacial score (nSPS) is 14.4. The molecular weight excluding hydrogens is 318 g/mol. The highest BCUT2D eigenvalue weighted by molar-refractivity contribution is 5.96. The quantitative estimate of drug-likeness (QED) is 0.784. The molecule has 0 saturated heterocycles. The fourth-order valence-electron chi connectivity index (χ4n) is 3.03. The maximum atomic E-state index is 12.6. The molecule has 1 N–H and O–H groups in total. The van der Waals surface area contributed by atoms with Gasteiger partial charge in [0.15, 0.2) is 0 Å². The van der Waals surface area contributed by atoms with Crippen LogP contribution in [0.25, 0.3) is 5.78 Å². The smallest absolute Gasteiger partial charge is 0.270 e. The first-order valence-electron chi connectivity index (χ1n) is 8.08. The van der Waals surface area contributed by atoms with Crippen molar-refractivity contribution in [2.75, 3.05) is 0 Å². The minimum atomic E-state index is -0.625. The van der Waals surface area contributed by atoms with Crippen molar-refractivity contribution in [3.05, 3.63) is 65.7 Å². The van der Waals surface area contributed by atoms with E-state index in [9.17, 15) is 9.59 Å². The Balaban J connectivity index is 1.43. The second kappa shape index (κ2) is 6.01. The molecule has 0 unspecified atom stereocenters. The number of rotatable bonds is 3. The second-order valence-electron chi connectivity index (χ2n) is 6.11. The van der Waals surface area contributed by atoms with Crippen LogP contribution in [0.3, 0.4) is 0 Å². The highest BCUT2D eigenvalue weighted by Gasteiger charge is 2.27. The van der Waals surface area contributed by atoms with Crippen LogP contribution in [0.1, 0.15) is 28.5 Å². The third kappa shape index (κ3) is 2.84. The van der Waals surface area contributed by atoms with Gasteiger partial charge in [-0.2, -0.15) is 0 Å². The molecule has 1 aliphatic rings. The SMILES string of the molecule is C[C@@H](NC(=O)c1ccn2ccnc2n1)C(=O)N1Cc2ccccc2C1. The van der Waals surface area contributed by atoms with E-state index >= 15 is 0 Å². The van der Waals surface area contributed by atoms with Gasteiger partial charge in [-0.3, -0.25) is 14.0 Å². The van der Waals surface area contributed by atoms with Crippen molar-refractivity contribution in [2.45, 2.75) is 26.1 Å². The summed E-state index contributed by atoms with van der Waals surface area (Å²) in [6.45, 7) is 2.85. The number of aromatic nitrogens is 3. The lowest BCUT2D eigenvalue weighted by Gasteiger charge is -2.21. The lowest BCUT2D eigenvalue weighted by atomic mass is 10.1. The van der Waals surface area contributed by atoms with Gasteiger partial charge in [0.2, 0.25) is 11.7 Å². The fourth-order valence-corrected chi connectivity index (χ4v) is 3.03. The van der Waals surface area contributed by atoms with Crippen molar-refractivity contribution in [1.29, 1.82) is 0 Å². The van der Waals surface area contributed by atoms with E-state index in [-0.39, 0.29) is 17.5 Å². The number of nitrogens with zero attached hydrogens (tertiary/aromatic N) is 4. The van der Waals surface area contributed by atoms with Crippen LogP contribution in [0, 0.1) is 0 Å². The second-order valence-corrected chi connectivity index (χ2v) is 6.11. The van der Waals surface area contributed by atoms with Gasteiger partial charge >= 0.3 is 0 Å². The zero-order chi connectivity index (χ0) is 17.4. The summed E-state index contributed by atoms with van der Waals surface area (Å²) in [5.41, 5.74) is 2.55. The first-order valence-corrected chi connectivity index (χ1v) is 8.08. The number of nitrogens with one attached hydrogen (secondary N) is 1. The molecular formula is C18H17N5O2. The van der Waals surface area contributed by atoms with Gasteiger partial charge in [-0.05, 0) is 24.1 Å². The molecule has 7 nitrogen and oxygen atoms in total. The van der Waals surface area contributed by atoms with E-state index in [1.165, 1.54) is 0 Å². The molecule has 1 atom stereocenters. The van der Waals surface area contributed by atoms with Crippen LogP contribution in [-0.4, -0.2) is 37.1 Å². The molecule has 2 amide bonds. The summed E-state index contributed by atoms with van der Waals surface area (Å²) in [6.07, 6.45) is 5.08. The summed E-state index contributed by atoms with van der Waals surface area (Å²) in [5, 5.41) is 2.73. The van der Waals surface area contributed by atoms with Crippen LogP contribution < -0.4 is 5.32 Å². The number of hydrogen-bond donors (Lipinski definition) is 1. The summed E-state index contributed by atoms with van der Waals surface area (Å²) in [7, 11) is 0. The Bertz CT molecular complexity index is 940. The molecule has 0 bridgehead atoms. The first kappa shape index (κ1) is 15.3. The van der Waals surface area contributed by atoms with Gasteiger partial charge < -0.3 is 10.2 Å². The van der Waals surface area contributed by atoms with E-state index in [4.69, 9.17) is 0 Å². The Hall–Kier alpha value is -3.22. The van der Waals surface area contributed by atoms with Gasteiger partial charge in [-0.15, -0.1) is 0 Å². The Morgan fingerprint density at radius 3 is 2.56 bits per heavy atom. The highest BCUT2D eigenvalue weighted by atomic mass is 16.2. The molecule has 25 heavy (non-hydrogen) atoms. The highest BCUT2D eigenvalue weighted by Crippen LogP contribution is 2.22. The van der Waals surface area contributed by atoms with Crippen molar-refractivity contribution in [3.8, 4) is 0 Å². The van der Waals surface area contributed by atoms with E-state index in [2.05, 4.69) is 15.3 Å². The fraction of sp³-hybridized carbons (Fsp3) is 0.222. The molecule has 1 aromatic carbocycles. The predicted molar refractivity (Wildman–Crippen MR) is 90.6 cm³/mol. The van der Waals surface area contributed by atoms with Crippen LogP contribution in [0.2, 0.25) is 0 Å². The monoisotopic (exact) mass is 335 g/mol. The van der Waals surface area contributed by atoms with Gasteiger partial charge in [-0.25, -0.2) is 9.97 Å². The number of fused-ring (bicyclic) bond motifs is 2. The zero-order valence-corrected chi connectivity index (χ0v) is 13.7. The lowest BCUT2D eigenvalue weighted by molar-refractivity contribution is -0.133. The van der Waals surface area contributed by atoms with Crippen LogP contribution in [0.5, 0.6) is 0 Å². The molecule has 3 heterocycles. The summed E-state index contributed by atoms with van der Waals surface area (Å²) >= 11 is 0. The minimum Gasteiger partial charge on any atom is -0.339 e.